The maximum Gasteiger partial charge on any atom is 0.262 e. The van der Waals surface area contributed by atoms with E-state index < -0.39 is 17.7 Å². The van der Waals surface area contributed by atoms with Crippen LogP contribution in [0.4, 0.5) is 5.82 Å². The lowest BCUT2D eigenvalue weighted by molar-refractivity contribution is -0.116. The molecule has 28 heavy (non-hydrogen) atoms. The summed E-state index contributed by atoms with van der Waals surface area (Å²) in [5.74, 6) is -0.913. The number of aromatic nitrogens is 2. The summed E-state index contributed by atoms with van der Waals surface area (Å²) in [5.41, 5.74) is 3.29. The van der Waals surface area contributed by atoms with Gasteiger partial charge >= 0.3 is 0 Å². The molecule has 1 aromatic heterocycles. The summed E-state index contributed by atoms with van der Waals surface area (Å²) in [4.78, 5) is 38.4. The fourth-order valence-corrected chi connectivity index (χ4v) is 3.18. The molecule has 7 nitrogen and oxygen atoms in total. The standard InChI is InChI=1S/C21H18N4O3/c1-13-7-9-15(10-8-13)25-18(11-14(2)23-25)22-19(26)12-24-20(27)16-5-3-4-6-17(16)21(24)28/h3-11H,12H2,1-2H3,(H,22,26). The van der Waals surface area contributed by atoms with Crippen LogP contribution in [0, 0.1) is 13.8 Å². The van der Waals surface area contributed by atoms with Crippen molar-refractivity contribution >= 4 is 23.5 Å². The van der Waals surface area contributed by atoms with Crippen molar-refractivity contribution in [3.05, 3.63) is 77.0 Å². The summed E-state index contributed by atoms with van der Waals surface area (Å²) in [6, 6.07) is 16.0. The molecule has 3 aromatic rings. The van der Waals surface area contributed by atoms with Crippen LogP contribution >= 0.6 is 0 Å². The third-order valence-corrected chi connectivity index (χ3v) is 4.56. The van der Waals surface area contributed by atoms with Gasteiger partial charge in [-0.05, 0) is 38.1 Å². The minimum Gasteiger partial charge on any atom is -0.309 e. The van der Waals surface area contributed by atoms with Crippen molar-refractivity contribution in [3.63, 3.8) is 0 Å². The number of hydrogen-bond acceptors (Lipinski definition) is 4. The third-order valence-electron chi connectivity index (χ3n) is 4.56. The maximum absolute atomic E-state index is 12.6. The predicted molar refractivity (Wildman–Crippen MR) is 103 cm³/mol. The highest BCUT2D eigenvalue weighted by atomic mass is 16.2. The first-order valence-electron chi connectivity index (χ1n) is 8.83. The van der Waals surface area contributed by atoms with Gasteiger partial charge in [-0.1, -0.05) is 29.8 Å². The van der Waals surface area contributed by atoms with Crippen LogP contribution in [-0.4, -0.2) is 38.9 Å². The van der Waals surface area contributed by atoms with Gasteiger partial charge in [0.1, 0.15) is 12.4 Å². The summed E-state index contributed by atoms with van der Waals surface area (Å²) < 4.78 is 1.62. The lowest BCUT2D eigenvalue weighted by Crippen LogP contribution is -2.37. The quantitative estimate of drug-likeness (QED) is 0.712. The number of hydrogen-bond donors (Lipinski definition) is 1. The van der Waals surface area contributed by atoms with E-state index in [9.17, 15) is 14.4 Å². The van der Waals surface area contributed by atoms with E-state index in [0.717, 1.165) is 21.8 Å². The Kier molecular flexibility index (Phi) is 4.27. The minimum atomic E-state index is -0.470. The normalized spacial score (nSPS) is 13.0. The first kappa shape index (κ1) is 17.7. The Morgan fingerprint density at radius 1 is 0.964 bits per heavy atom. The number of amides is 3. The van der Waals surface area contributed by atoms with E-state index in [2.05, 4.69) is 10.4 Å². The molecular weight excluding hydrogens is 356 g/mol. The van der Waals surface area contributed by atoms with E-state index in [1.165, 1.54) is 0 Å². The molecule has 0 radical (unpaired) electrons. The molecule has 0 fully saturated rings. The zero-order valence-corrected chi connectivity index (χ0v) is 15.5. The summed E-state index contributed by atoms with van der Waals surface area (Å²) in [5, 5.41) is 7.17. The summed E-state index contributed by atoms with van der Waals surface area (Å²) in [7, 11) is 0. The van der Waals surface area contributed by atoms with E-state index in [1.54, 1.807) is 35.0 Å². The molecule has 0 saturated heterocycles. The minimum absolute atomic E-state index is 0.320. The third kappa shape index (κ3) is 3.07. The van der Waals surface area contributed by atoms with E-state index in [0.29, 0.717) is 16.9 Å². The van der Waals surface area contributed by atoms with Gasteiger partial charge in [-0.3, -0.25) is 19.3 Å². The molecule has 0 aliphatic carbocycles. The SMILES string of the molecule is Cc1ccc(-n2nc(C)cc2NC(=O)CN2C(=O)c3ccccc3C2=O)cc1. The van der Waals surface area contributed by atoms with Gasteiger partial charge in [0.2, 0.25) is 5.91 Å². The van der Waals surface area contributed by atoms with Crippen molar-refractivity contribution in [2.45, 2.75) is 13.8 Å². The Bertz CT molecular complexity index is 1060. The number of anilines is 1. The lowest BCUT2D eigenvalue weighted by atomic mass is 10.1. The van der Waals surface area contributed by atoms with Crippen molar-refractivity contribution < 1.29 is 14.4 Å². The molecule has 140 valence electrons. The highest BCUT2D eigenvalue weighted by Crippen LogP contribution is 2.23. The van der Waals surface area contributed by atoms with Crippen LogP contribution in [0.25, 0.3) is 5.69 Å². The van der Waals surface area contributed by atoms with Gasteiger partial charge < -0.3 is 5.32 Å². The highest BCUT2D eigenvalue weighted by molar-refractivity contribution is 6.22. The molecule has 0 saturated carbocycles. The Labute approximate surface area is 161 Å². The second kappa shape index (κ2) is 6.77. The largest absolute Gasteiger partial charge is 0.309 e. The Hall–Kier alpha value is -3.74. The van der Waals surface area contributed by atoms with Crippen LogP contribution in [0.1, 0.15) is 32.0 Å². The van der Waals surface area contributed by atoms with Crippen molar-refractivity contribution in [3.8, 4) is 5.69 Å². The van der Waals surface area contributed by atoms with Crippen molar-refractivity contribution in [2.75, 3.05) is 11.9 Å². The molecule has 1 aliphatic rings. The number of imide groups is 1. The van der Waals surface area contributed by atoms with Crippen molar-refractivity contribution in [1.82, 2.24) is 14.7 Å². The average Bonchev–Trinajstić information content (AvgIpc) is 3.15. The molecule has 2 aromatic carbocycles. The second-order valence-corrected chi connectivity index (χ2v) is 6.71. The number of benzene rings is 2. The molecule has 4 rings (SSSR count). The summed E-state index contributed by atoms with van der Waals surface area (Å²) >= 11 is 0. The lowest BCUT2D eigenvalue weighted by Gasteiger charge is -2.14. The van der Waals surface area contributed by atoms with Gasteiger partial charge in [0, 0.05) is 6.07 Å². The number of rotatable bonds is 4. The van der Waals surface area contributed by atoms with Crippen LogP contribution in [0.15, 0.2) is 54.6 Å². The van der Waals surface area contributed by atoms with Crippen molar-refractivity contribution in [2.24, 2.45) is 0 Å². The number of fused-ring (bicyclic) bond motifs is 1. The number of carbonyl (C=O) groups excluding carboxylic acids is 3. The zero-order valence-electron chi connectivity index (χ0n) is 15.5. The van der Waals surface area contributed by atoms with Gasteiger partial charge in [-0.25, -0.2) is 4.68 Å². The summed E-state index contributed by atoms with van der Waals surface area (Å²) in [6.07, 6.45) is 0. The fraction of sp³-hybridized carbons (Fsp3) is 0.143. The molecule has 0 atom stereocenters. The van der Waals surface area contributed by atoms with Gasteiger partial charge in [-0.2, -0.15) is 5.10 Å². The predicted octanol–water partition coefficient (Wildman–Crippen LogP) is 2.72. The number of nitrogens with zero attached hydrogens (tertiary/aromatic N) is 3. The van der Waals surface area contributed by atoms with E-state index >= 15 is 0 Å². The number of aryl methyl sites for hydroxylation is 2. The molecule has 3 amide bonds. The number of carbonyl (C=O) groups is 3. The monoisotopic (exact) mass is 374 g/mol. The van der Waals surface area contributed by atoms with Crippen molar-refractivity contribution in [1.29, 1.82) is 0 Å². The first-order valence-corrected chi connectivity index (χ1v) is 8.83. The number of nitrogens with one attached hydrogen (secondary N) is 1. The van der Waals surface area contributed by atoms with Crippen LogP contribution < -0.4 is 5.32 Å². The molecule has 2 heterocycles. The fourth-order valence-electron chi connectivity index (χ4n) is 3.18. The van der Waals surface area contributed by atoms with Gasteiger partial charge in [-0.15, -0.1) is 0 Å². The average molecular weight is 374 g/mol. The van der Waals surface area contributed by atoms with E-state index in [1.807, 2.05) is 38.1 Å². The van der Waals surface area contributed by atoms with Crippen LogP contribution in [0.5, 0.6) is 0 Å². The summed E-state index contributed by atoms with van der Waals surface area (Å²) in [6.45, 7) is 3.46. The highest BCUT2D eigenvalue weighted by Gasteiger charge is 2.36. The van der Waals surface area contributed by atoms with Gasteiger partial charge in [0.15, 0.2) is 0 Å². The zero-order chi connectivity index (χ0) is 19.8. The molecule has 7 heteroatoms. The molecule has 0 spiro atoms. The topological polar surface area (TPSA) is 84.3 Å². The van der Waals surface area contributed by atoms with Gasteiger partial charge in [0.05, 0.1) is 22.5 Å². The maximum atomic E-state index is 12.6. The Balaban J connectivity index is 1.53. The van der Waals surface area contributed by atoms with Gasteiger partial charge in [0.25, 0.3) is 11.8 Å². The Morgan fingerprint density at radius 3 is 2.18 bits per heavy atom. The van der Waals surface area contributed by atoms with Crippen LogP contribution in [0.3, 0.4) is 0 Å². The Morgan fingerprint density at radius 2 is 1.57 bits per heavy atom. The van der Waals surface area contributed by atoms with Crippen LogP contribution in [0.2, 0.25) is 0 Å². The van der Waals surface area contributed by atoms with E-state index in [-0.39, 0.29) is 6.54 Å². The first-order chi connectivity index (χ1) is 13.4. The molecule has 0 bridgehead atoms. The molecule has 0 unspecified atom stereocenters. The molecule has 1 N–H and O–H groups in total. The van der Waals surface area contributed by atoms with Crippen LogP contribution in [-0.2, 0) is 4.79 Å². The molecular formula is C21H18N4O3. The van der Waals surface area contributed by atoms with E-state index in [4.69, 9.17) is 0 Å². The molecule has 1 aliphatic heterocycles. The second-order valence-electron chi connectivity index (χ2n) is 6.71. The smallest absolute Gasteiger partial charge is 0.262 e.